The van der Waals surface area contributed by atoms with Crippen molar-refractivity contribution in [3.63, 3.8) is 0 Å². The predicted molar refractivity (Wildman–Crippen MR) is 76.3 cm³/mol. The molecule has 0 radical (unpaired) electrons. The highest BCUT2D eigenvalue weighted by Gasteiger charge is 2.18. The Kier molecular flexibility index (Phi) is 5.46. The molecule has 0 unspecified atom stereocenters. The van der Waals surface area contributed by atoms with E-state index >= 15 is 0 Å². The topological polar surface area (TPSA) is 21.3 Å². The lowest BCUT2D eigenvalue weighted by molar-refractivity contribution is 0.345. The lowest BCUT2D eigenvalue weighted by Crippen LogP contribution is -2.26. The zero-order valence-electron chi connectivity index (χ0n) is 11.3. The largest absolute Gasteiger partial charge is 0.494 e. The zero-order chi connectivity index (χ0) is 13.7. The van der Waals surface area contributed by atoms with Crippen LogP contribution >= 0.6 is 11.6 Å². The van der Waals surface area contributed by atoms with Gasteiger partial charge >= 0.3 is 0 Å². The van der Waals surface area contributed by atoms with Crippen molar-refractivity contribution in [3.05, 3.63) is 29.6 Å². The van der Waals surface area contributed by atoms with Gasteiger partial charge in [0.05, 0.1) is 7.11 Å². The Morgan fingerprint density at radius 1 is 1.32 bits per heavy atom. The molecule has 0 spiro atoms. The maximum atomic E-state index is 13.5. The van der Waals surface area contributed by atoms with E-state index in [1.54, 1.807) is 6.07 Å². The molecule has 1 saturated carbocycles. The minimum absolute atomic E-state index is 0.296. The highest BCUT2D eigenvalue weighted by Crippen LogP contribution is 2.27. The van der Waals surface area contributed by atoms with Crippen molar-refractivity contribution in [1.82, 2.24) is 5.32 Å². The molecule has 2 rings (SSSR count). The van der Waals surface area contributed by atoms with Crippen LogP contribution in [0.5, 0.6) is 5.75 Å². The fourth-order valence-electron chi connectivity index (χ4n) is 2.57. The minimum Gasteiger partial charge on any atom is -0.494 e. The molecule has 1 aliphatic carbocycles. The molecule has 1 fully saturated rings. The van der Waals surface area contributed by atoms with Crippen molar-refractivity contribution in [2.75, 3.05) is 13.7 Å². The summed E-state index contributed by atoms with van der Waals surface area (Å²) in [5.74, 6) is 0.701. The number of rotatable bonds is 5. The maximum absolute atomic E-state index is 13.5. The summed E-state index contributed by atoms with van der Waals surface area (Å²) in [6.07, 6.45) is 4.62. The molecule has 1 aromatic rings. The average Bonchev–Trinajstić information content (AvgIpc) is 2.41. The Balaban J connectivity index is 1.75. The Hall–Kier alpha value is -0.800. The van der Waals surface area contributed by atoms with Crippen LogP contribution in [0, 0.1) is 11.7 Å². The molecule has 0 aliphatic heterocycles. The molecular weight excluding hydrogens is 265 g/mol. The van der Waals surface area contributed by atoms with E-state index in [0.29, 0.717) is 23.6 Å². The van der Waals surface area contributed by atoms with Gasteiger partial charge in [-0.3, -0.25) is 0 Å². The number of halogens is 2. The van der Waals surface area contributed by atoms with Crippen LogP contribution in [0.15, 0.2) is 18.2 Å². The third-order valence-corrected chi connectivity index (χ3v) is 4.19. The number of methoxy groups -OCH3 is 1. The van der Waals surface area contributed by atoms with E-state index in [0.717, 1.165) is 24.9 Å². The fraction of sp³-hybridized carbons (Fsp3) is 0.600. The van der Waals surface area contributed by atoms with Crippen LogP contribution in [0.4, 0.5) is 4.39 Å². The Morgan fingerprint density at radius 2 is 2.05 bits per heavy atom. The minimum atomic E-state index is -0.301. The highest BCUT2D eigenvalue weighted by molar-refractivity contribution is 6.20. The molecule has 1 aliphatic rings. The van der Waals surface area contributed by atoms with E-state index < -0.39 is 0 Å². The Bertz CT molecular complexity index is 405. The summed E-state index contributed by atoms with van der Waals surface area (Å²) in [5.41, 5.74) is 0.948. The molecule has 0 aromatic heterocycles. The van der Waals surface area contributed by atoms with Gasteiger partial charge in [0.1, 0.15) is 0 Å². The average molecular weight is 286 g/mol. The van der Waals surface area contributed by atoms with Gasteiger partial charge in [0.2, 0.25) is 0 Å². The van der Waals surface area contributed by atoms with E-state index in [4.69, 9.17) is 16.3 Å². The Morgan fingerprint density at radius 3 is 2.68 bits per heavy atom. The normalized spacial score (nSPS) is 23.3. The van der Waals surface area contributed by atoms with Crippen molar-refractivity contribution in [3.8, 4) is 5.75 Å². The standard InChI is InChI=1S/C15H21ClFNO/c1-19-15-7-4-12(8-14(15)17)10-18-9-11-2-5-13(16)6-3-11/h4,7-8,11,13,18H,2-3,5-6,9-10H2,1H3. The number of hydrogen-bond acceptors (Lipinski definition) is 2. The summed E-state index contributed by atoms with van der Waals surface area (Å²) in [7, 11) is 1.48. The first-order valence-electron chi connectivity index (χ1n) is 6.86. The first-order valence-corrected chi connectivity index (χ1v) is 7.30. The number of hydrogen-bond donors (Lipinski definition) is 1. The van der Waals surface area contributed by atoms with E-state index in [9.17, 15) is 4.39 Å². The Labute approximate surface area is 119 Å². The first kappa shape index (κ1) is 14.6. The van der Waals surface area contributed by atoms with Gasteiger partial charge in [-0.1, -0.05) is 6.07 Å². The van der Waals surface area contributed by atoms with Gasteiger partial charge in [0.15, 0.2) is 11.6 Å². The van der Waals surface area contributed by atoms with Crippen LogP contribution in [0.3, 0.4) is 0 Å². The number of alkyl halides is 1. The van der Waals surface area contributed by atoms with E-state index in [1.165, 1.54) is 26.0 Å². The van der Waals surface area contributed by atoms with Crippen molar-refractivity contribution >= 4 is 11.6 Å². The van der Waals surface area contributed by atoms with Gasteiger partial charge in [-0.05, 0) is 55.8 Å². The number of benzene rings is 1. The van der Waals surface area contributed by atoms with Gasteiger partial charge in [0, 0.05) is 11.9 Å². The lowest BCUT2D eigenvalue weighted by Gasteiger charge is -2.25. The van der Waals surface area contributed by atoms with Crippen LogP contribution < -0.4 is 10.1 Å². The third-order valence-electron chi connectivity index (χ3n) is 3.75. The summed E-state index contributed by atoms with van der Waals surface area (Å²) in [6.45, 7) is 1.68. The SMILES string of the molecule is COc1ccc(CNCC2CCC(Cl)CC2)cc1F. The molecular formula is C15H21ClFNO. The van der Waals surface area contributed by atoms with Crippen LogP contribution in [0.25, 0.3) is 0 Å². The second-order valence-corrected chi connectivity index (χ2v) is 5.84. The molecule has 0 atom stereocenters. The summed E-state index contributed by atoms with van der Waals surface area (Å²) in [4.78, 5) is 0. The van der Waals surface area contributed by atoms with Crippen molar-refractivity contribution < 1.29 is 9.13 Å². The molecule has 0 bridgehead atoms. The summed E-state index contributed by atoms with van der Waals surface area (Å²) in [5, 5.41) is 3.77. The summed E-state index contributed by atoms with van der Waals surface area (Å²) < 4.78 is 18.4. The van der Waals surface area contributed by atoms with Gasteiger partial charge < -0.3 is 10.1 Å². The molecule has 106 valence electrons. The van der Waals surface area contributed by atoms with Crippen LogP contribution in [-0.4, -0.2) is 19.0 Å². The van der Waals surface area contributed by atoms with E-state index in [1.807, 2.05) is 6.07 Å². The van der Waals surface area contributed by atoms with Crippen LogP contribution in [0.2, 0.25) is 0 Å². The molecule has 0 amide bonds. The van der Waals surface area contributed by atoms with E-state index in [2.05, 4.69) is 5.32 Å². The second-order valence-electron chi connectivity index (χ2n) is 5.22. The van der Waals surface area contributed by atoms with Crippen molar-refractivity contribution in [2.45, 2.75) is 37.6 Å². The second kappa shape index (κ2) is 7.11. The molecule has 2 nitrogen and oxygen atoms in total. The first-order chi connectivity index (χ1) is 9.19. The molecule has 4 heteroatoms. The predicted octanol–water partition coefficient (Wildman–Crippen LogP) is 3.72. The maximum Gasteiger partial charge on any atom is 0.165 e. The van der Waals surface area contributed by atoms with Crippen molar-refractivity contribution in [2.24, 2.45) is 5.92 Å². The van der Waals surface area contributed by atoms with Gasteiger partial charge in [-0.25, -0.2) is 4.39 Å². The summed E-state index contributed by atoms with van der Waals surface area (Å²) >= 11 is 6.08. The van der Waals surface area contributed by atoms with Gasteiger partial charge in [0.25, 0.3) is 0 Å². The van der Waals surface area contributed by atoms with Crippen LogP contribution in [0.1, 0.15) is 31.2 Å². The molecule has 1 N–H and O–H groups in total. The lowest BCUT2D eigenvalue weighted by atomic mass is 9.89. The smallest absolute Gasteiger partial charge is 0.165 e. The zero-order valence-corrected chi connectivity index (χ0v) is 12.0. The monoisotopic (exact) mass is 285 g/mol. The number of ether oxygens (including phenoxy) is 1. The van der Waals surface area contributed by atoms with Gasteiger partial charge in [-0.2, -0.15) is 0 Å². The fourth-order valence-corrected chi connectivity index (χ4v) is 2.82. The van der Waals surface area contributed by atoms with Crippen molar-refractivity contribution in [1.29, 1.82) is 0 Å². The third kappa shape index (κ3) is 4.36. The highest BCUT2D eigenvalue weighted by atomic mass is 35.5. The van der Waals surface area contributed by atoms with Crippen LogP contribution in [-0.2, 0) is 6.54 Å². The summed E-state index contributed by atoms with van der Waals surface area (Å²) in [6, 6.07) is 5.09. The van der Waals surface area contributed by atoms with E-state index in [-0.39, 0.29) is 5.82 Å². The molecule has 19 heavy (non-hydrogen) atoms. The number of nitrogens with one attached hydrogen (secondary N) is 1. The van der Waals surface area contributed by atoms with Gasteiger partial charge in [-0.15, -0.1) is 11.6 Å². The molecule has 0 heterocycles. The molecule has 0 saturated heterocycles. The quantitative estimate of drug-likeness (QED) is 0.833. The molecule has 1 aromatic carbocycles.